The van der Waals surface area contributed by atoms with Crippen LogP contribution >= 0.6 is 0 Å². The van der Waals surface area contributed by atoms with Crippen LogP contribution in [0.25, 0.3) is 0 Å². The Morgan fingerprint density at radius 1 is 1.40 bits per heavy atom. The standard InChI is InChI=1S/C8H15NO/c1-7(2)5-9-4-3-8(7)6-10-8/h9H,3-6H2,1-2H3. The summed E-state index contributed by atoms with van der Waals surface area (Å²) in [6, 6.07) is 0. The summed E-state index contributed by atoms with van der Waals surface area (Å²) in [6.07, 6.45) is 1.19. The molecule has 2 heterocycles. The van der Waals surface area contributed by atoms with Crippen LogP contribution in [-0.4, -0.2) is 25.3 Å². The minimum absolute atomic E-state index is 0.262. The average Bonchev–Trinajstić information content (AvgIpc) is 2.59. The molecule has 2 fully saturated rings. The van der Waals surface area contributed by atoms with Gasteiger partial charge in [-0.3, -0.25) is 0 Å². The fraction of sp³-hybridized carbons (Fsp3) is 1.00. The third-order valence-electron chi connectivity index (χ3n) is 3.00. The van der Waals surface area contributed by atoms with Crippen LogP contribution in [0.3, 0.4) is 0 Å². The minimum atomic E-state index is 0.262. The summed E-state index contributed by atoms with van der Waals surface area (Å²) in [6.45, 7) is 7.79. The van der Waals surface area contributed by atoms with Gasteiger partial charge in [0.1, 0.15) is 0 Å². The quantitative estimate of drug-likeness (QED) is 0.504. The molecular formula is C8H15NO. The molecule has 0 aromatic heterocycles. The number of nitrogens with one attached hydrogen (secondary N) is 1. The van der Waals surface area contributed by atoms with E-state index < -0.39 is 0 Å². The van der Waals surface area contributed by atoms with E-state index in [1.165, 1.54) is 6.42 Å². The van der Waals surface area contributed by atoms with E-state index in [0.29, 0.717) is 5.41 Å². The van der Waals surface area contributed by atoms with Gasteiger partial charge < -0.3 is 10.1 Å². The SMILES string of the molecule is CC1(C)CNCCC12CO2. The van der Waals surface area contributed by atoms with E-state index in [1.807, 2.05) is 0 Å². The molecule has 0 radical (unpaired) electrons. The zero-order chi connectivity index (χ0) is 7.24. The lowest BCUT2D eigenvalue weighted by molar-refractivity contribution is 0.0989. The van der Waals surface area contributed by atoms with Gasteiger partial charge in [0.2, 0.25) is 0 Å². The molecule has 2 heteroatoms. The zero-order valence-electron chi connectivity index (χ0n) is 6.74. The van der Waals surface area contributed by atoms with Crippen molar-refractivity contribution in [2.24, 2.45) is 5.41 Å². The Kier molecular flexibility index (Phi) is 1.15. The molecule has 1 unspecified atom stereocenters. The summed E-state index contributed by atoms with van der Waals surface area (Å²) in [5, 5.41) is 3.39. The van der Waals surface area contributed by atoms with Gasteiger partial charge in [0.25, 0.3) is 0 Å². The lowest BCUT2D eigenvalue weighted by atomic mass is 9.75. The van der Waals surface area contributed by atoms with Crippen molar-refractivity contribution in [3.05, 3.63) is 0 Å². The van der Waals surface area contributed by atoms with Gasteiger partial charge in [0.15, 0.2) is 0 Å². The Morgan fingerprint density at radius 2 is 2.10 bits per heavy atom. The fourth-order valence-electron chi connectivity index (χ4n) is 1.81. The summed E-state index contributed by atoms with van der Waals surface area (Å²) in [4.78, 5) is 0. The van der Waals surface area contributed by atoms with E-state index in [1.54, 1.807) is 0 Å². The van der Waals surface area contributed by atoms with E-state index in [-0.39, 0.29) is 5.60 Å². The lowest BCUT2D eigenvalue weighted by Gasteiger charge is -2.36. The number of piperidine rings is 1. The van der Waals surface area contributed by atoms with Crippen molar-refractivity contribution in [2.75, 3.05) is 19.7 Å². The smallest absolute Gasteiger partial charge is 0.0991 e. The molecular weight excluding hydrogens is 126 g/mol. The van der Waals surface area contributed by atoms with Crippen LogP contribution in [0.1, 0.15) is 20.3 Å². The molecule has 2 aliphatic rings. The highest BCUT2D eigenvalue weighted by Crippen LogP contribution is 2.48. The summed E-state index contributed by atoms with van der Waals surface area (Å²) in [5.41, 5.74) is 0.615. The molecule has 2 rings (SSSR count). The Bertz CT molecular complexity index is 143. The molecule has 0 bridgehead atoms. The molecule has 0 aromatic rings. The minimum Gasteiger partial charge on any atom is -0.369 e. The molecule has 1 N–H and O–H groups in total. The molecule has 0 aliphatic carbocycles. The van der Waals surface area contributed by atoms with Crippen LogP contribution in [-0.2, 0) is 4.74 Å². The molecule has 1 spiro atoms. The van der Waals surface area contributed by atoms with Crippen LogP contribution in [0.4, 0.5) is 0 Å². The first kappa shape index (κ1) is 6.62. The van der Waals surface area contributed by atoms with E-state index >= 15 is 0 Å². The predicted molar refractivity (Wildman–Crippen MR) is 40.0 cm³/mol. The molecule has 10 heavy (non-hydrogen) atoms. The van der Waals surface area contributed by atoms with Crippen molar-refractivity contribution in [3.8, 4) is 0 Å². The van der Waals surface area contributed by atoms with Crippen LogP contribution in [0.2, 0.25) is 0 Å². The van der Waals surface area contributed by atoms with Crippen molar-refractivity contribution >= 4 is 0 Å². The largest absolute Gasteiger partial charge is 0.369 e. The van der Waals surface area contributed by atoms with E-state index in [0.717, 1.165) is 19.7 Å². The summed E-state index contributed by atoms with van der Waals surface area (Å²) < 4.78 is 5.51. The summed E-state index contributed by atoms with van der Waals surface area (Å²) in [5.74, 6) is 0. The number of hydrogen-bond donors (Lipinski definition) is 1. The van der Waals surface area contributed by atoms with Crippen LogP contribution < -0.4 is 5.32 Å². The van der Waals surface area contributed by atoms with Gasteiger partial charge in [-0.05, 0) is 13.0 Å². The second kappa shape index (κ2) is 1.74. The van der Waals surface area contributed by atoms with Gasteiger partial charge in [0.05, 0.1) is 12.2 Å². The normalized spacial score (nSPS) is 43.8. The second-order valence-corrected chi connectivity index (χ2v) is 4.09. The highest BCUT2D eigenvalue weighted by molar-refractivity contribution is 5.07. The van der Waals surface area contributed by atoms with Crippen LogP contribution in [0.5, 0.6) is 0 Å². The monoisotopic (exact) mass is 141 g/mol. The van der Waals surface area contributed by atoms with Crippen molar-refractivity contribution in [1.82, 2.24) is 5.32 Å². The maximum Gasteiger partial charge on any atom is 0.0991 e. The lowest BCUT2D eigenvalue weighted by Crippen LogP contribution is -2.48. The van der Waals surface area contributed by atoms with Crippen molar-refractivity contribution < 1.29 is 4.74 Å². The van der Waals surface area contributed by atoms with Crippen LogP contribution in [0, 0.1) is 5.41 Å². The highest BCUT2D eigenvalue weighted by Gasteiger charge is 2.57. The first-order chi connectivity index (χ1) is 4.66. The van der Waals surface area contributed by atoms with Crippen molar-refractivity contribution in [1.29, 1.82) is 0 Å². The third kappa shape index (κ3) is 0.722. The predicted octanol–water partition coefficient (Wildman–Crippen LogP) is 0.775. The average molecular weight is 141 g/mol. The van der Waals surface area contributed by atoms with E-state index in [9.17, 15) is 0 Å². The second-order valence-electron chi connectivity index (χ2n) is 4.09. The van der Waals surface area contributed by atoms with Crippen molar-refractivity contribution in [3.63, 3.8) is 0 Å². The fourth-order valence-corrected chi connectivity index (χ4v) is 1.81. The highest BCUT2D eigenvalue weighted by atomic mass is 16.6. The molecule has 0 aromatic carbocycles. The van der Waals surface area contributed by atoms with Gasteiger partial charge in [-0.1, -0.05) is 13.8 Å². The Labute approximate surface area is 61.9 Å². The van der Waals surface area contributed by atoms with Gasteiger partial charge in [-0.15, -0.1) is 0 Å². The zero-order valence-corrected chi connectivity index (χ0v) is 6.74. The molecule has 0 saturated carbocycles. The molecule has 2 aliphatic heterocycles. The molecule has 2 nitrogen and oxygen atoms in total. The van der Waals surface area contributed by atoms with E-state index in [4.69, 9.17) is 4.74 Å². The Hall–Kier alpha value is -0.0800. The number of epoxide rings is 1. The summed E-state index contributed by atoms with van der Waals surface area (Å²) in [7, 11) is 0. The molecule has 1 atom stereocenters. The first-order valence-corrected chi connectivity index (χ1v) is 4.01. The number of rotatable bonds is 0. The Balaban J connectivity index is 2.15. The number of ether oxygens (including phenoxy) is 1. The molecule has 0 amide bonds. The molecule has 2 saturated heterocycles. The maximum atomic E-state index is 5.51. The number of hydrogen-bond acceptors (Lipinski definition) is 2. The Morgan fingerprint density at radius 3 is 2.50 bits per heavy atom. The maximum absolute atomic E-state index is 5.51. The van der Waals surface area contributed by atoms with E-state index in [2.05, 4.69) is 19.2 Å². The first-order valence-electron chi connectivity index (χ1n) is 4.01. The van der Waals surface area contributed by atoms with Crippen LogP contribution in [0.15, 0.2) is 0 Å². The topological polar surface area (TPSA) is 24.6 Å². The van der Waals surface area contributed by atoms with Crippen molar-refractivity contribution in [2.45, 2.75) is 25.9 Å². The third-order valence-corrected chi connectivity index (χ3v) is 3.00. The van der Waals surface area contributed by atoms with Gasteiger partial charge in [-0.25, -0.2) is 0 Å². The molecule has 58 valence electrons. The summed E-state index contributed by atoms with van der Waals surface area (Å²) >= 11 is 0. The van der Waals surface area contributed by atoms with Gasteiger partial charge in [-0.2, -0.15) is 0 Å². The van der Waals surface area contributed by atoms with Gasteiger partial charge in [0, 0.05) is 12.0 Å². The van der Waals surface area contributed by atoms with Gasteiger partial charge >= 0.3 is 0 Å².